The molecule has 150 valence electrons. The van der Waals surface area contributed by atoms with Gasteiger partial charge in [0.15, 0.2) is 0 Å². The molecule has 0 rings (SSSR count). The van der Waals surface area contributed by atoms with Crippen molar-refractivity contribution in [3.8, 4) is 0 Å². The van der Waals surface area contributed by atoms with Crippen molar-refractivity contribution in [1.82, 2.24) is 5.06 Å². The lowest BCUT2D eigenvalue weighted by molar-refractivity contribution is -0.132. The molecule has 0 saturated carbocycles. The van der Waals surface area contributed by atoms with Gasteiger partial charge in [0.25, 0.3) is 0 Å². The third-order valence-corrected chi connectivity index (χ3v) is 3.07. The molecule has 26 heavy (non-hydrogen) atoms. The molecule has 0 aliphatic heterocycles. The number of rotatable bonds is 6. The highest BCUT2D eigenvalue weighted by Gasteiger charge is 2.29. The molecule has 0 bridgehead atoms. The predicted octanol–water partition coefficient (Wildman–Crippen LogP) is 4.22. The van der Waals surface area contributed by atoms with E-state index in [0.717, 1.165) is 10.6 Å². The summed E-state index contributed by atoms with van der Waals surface area (Å²) in [5.74, 6) is -0.169. The minimum atomic E-state index is -1.00. The number of amides is 1. The van der Waals surface area contributed by atoms with Gasteiger partial charge in [0.1, 0.15) is 11.2 Å². The maximum atomic E-state index is 12.4. The van der Waals surface area contributed by atoms with Crippen LogP contribution in [-0.4, -0.2) is 46.8 Å². The molecule has 0 spiro atoms. The molecule has 0 heterocycles. The second kappa shape index (κ2) is 10.2. The van der Waals surface area contributed by atoms with Crippen LogP contribution in [0.3, 0.4) is 0 Å². The maximum Gasteiger partial charge on any atom is 0.534 e. The van der Waals surface area contributed by atoms with Gasteiger partial charge in [-0.15, -0.1) is 11.6 Å². The highest BCUT2D eigenvalue weighted by molar-refractivity contribution is 5.70. The summed E-state index contributed by atoms with van der Waals surface area (Å²) in [6.07, 6.45) is 2.09. The Kier molecular flexibility index (Phi) is 9.41. The monoisotopic (exact) mass is 371 g/mol. The van der Waals surface area contributed by atoms with Crippen LogP contribution in [0.1, 0.15) is 54.9 Å². The molecule has 7 heteroatoms. The summed E-state index contributed by atoms with van der Waals surface area (Å²) in [5.41, 5.74) is -0.768. The van der Waals surface area contributed by atoms with E-state index in [0.29, 0.717) is 6.42 Å². The Bertz CT molecular complexity index is 513. The van der Waals surface area contributed by atoms with Gasteiger partial charge < -0.3 is 14.6 Å². The molecule has 1 amide bonds. The van der Waals surface area contributed by atoms with Crippen molar-refractivity contribution in [1.29, 1.82) is 0 Å². The molecule has 7 nitrogen and oxygen atoms in total. The minimum Gasteiger partial charge on any atom is -0.442 e. The van der Waals surface area contributed by atoms with E-state index in [9.17, 15) is 14.7 Å². The lowest BCUT2D eigenvalue weighted by atomic mass is 9.95. The SMILES string of the molecule is C=CC(CCO)/C(=C/C)CN(OC(=O)OC(C)(C)C)C(=O)OC(C)(C)C. The van der Waals surface area contributed by atoms with E-state index in [1.54, 1.807) is 60.6 Å². The second-order valence-corrected chi connectivity index (χ2v) is 7.79. The summed E-state index contributed by atoms with van der Waals surface area (Å²) >= 11 is 0. The summed E-state index contributed by atoms with van der Waals surface area (Å²) < 4.78 is 10.4. The highest BCUT2D eigenvalue weighted by atomic mass is 16.8. The molecule has 0 radical (unpaired) electrons. The van der Waals surface area contributed by atoms with Gasteiger partial charge in [-0.3, -0.25) is 4.84 Å². The lowest BCUT2D eigenvalue weighted by Crippen LogP contribution is -2.41. The number of aliphatic hydroxyl groups is 1. The average molecular weight is 371 g/mol. The van der Waals surface area contributed by atoms with E-state index in [1.807, 2.05) is 0 Å². The zero-order valence-corrected chi connectivity index (χ0v) is 17.0. The van der Waals surface area contributed by atoms with E-state index in [2.05, 4.69) is 6.58 Å². The first-order valence-corrected chi connectivity index (χ1v) is 8.63. The number of allylic oxidation sites excluding steroid dienone is 2. The Labute approximate surface area is 156 Å². The molecule has 0 aromatic heterocycles. The van der Waals surface area contributed by atoms with Crippen LogP contribution in [0, 0.1) is 5.92 Å². The minimum absolute atomic E-state index is 0.0264. The van der Waals surface area contributed by atoms with Gasteiger partial charge in [-0.25, -0.2) is 9.59 Å². The molecule has 0 aliphatic rings. The third-order valence-electron chi connectivity index (χ3n) is 3.07. The maximum absolute atomic E-state index is 12.4. The number of carbonyl (C=O) groups is 2. The van der Waals surface area contributed by atoms with Gasteiger partial charge in [-0.2, -0.15) is 0 Å². The summed E-state index contributed by atoms with van der Waals surface area (Å²) in [5, 5.41) is 10.0. The van der Waals surface area contributed by atoms with Crippen LogP contribution in [0.4, 0.5) is 9.59 Å². The Balaban J connectivity index is 5.39. The van der Waals surface area contributed by atoms with Crippen molar-refractivity contribution in [2.45, 2.75) is 66.1 Å². The lowest BCUT2D eigenvalue weighted by Gasteiger charge is -2.29. The fourth-order valence-corrected chi connectivity index (χ4v) is 1.99. The van der Waals surface area contributed by atoms with Gasteiger partial charge in [-0.05, 0) is 60.5 Å². The molecule has 0 aliphatic carbocycles. The van der Waals surface area contributed by atoms with E-state index < -0.39 is 23.5 Å². The first kappa shape index (κ1) is 24.0. The normalized spacial score (nSPS) is 13.6. The first-order valence-electron chi connectivity index (χ1n) is 8.63. The zero-order chi connectivity index (χ0) is 20.5. The molecule has 1 atom stereocenters. The van der Waals surface area contributed by atoms with E-state index >= 15 is 0 Å². The fourth-order valence-electron chi connectivity index (χ4n) is 1.99. The molecule has 0 aromatic rings. The van der Waals surface area contributed by atoms with E-state index in [4.69, 9.17) is 14.3 Å². The quantitative estimate of drug-likeness (QED) is 0.427. The first-order chi connectivity index (χ1) is 11.8. The standard InChI is InChI=1S/C19H33NO6/c1-9-14(11-12-21)15(10-2)13-20(16(22)24-18(3,4)5)26-17(23)25-19(6,7)8/h9-10,14,21H,1,11-13H2,2-8H3/b15-10+. The zero-order valence-electron chi connectivity index (χ0n) is 17.0. The molecule has 0 fully saturated rings. The Morgan fingerprint density at radius 2 is 1.65 bits per heavy atom. The van der Waals surface area contributed by atoms with Crippen LogP contribution in [0.15, 0.2) is 24.3 Å². The summed E-state index contributed by atoms with van der Waals surface area (Å²) in [4.78, 5) is 29.5. The third kappa shape index (κ3) is 10.1. The van der Waals surface area contributed by atoms with Crippen LogP contribution >= 0.6 is 0 Å². The summed E-state index contributed by atoms with van der Waals surface area (Å²) in [7, 11) is 0. The average Bonchev–Trinajstić information content (AvgIpc) is 2.45. The number of hydrogen-bond donors (Lipinski definition) is 1. The second-order valence-electron chi connectivity index (χ2n) is 7.79. The highest BCUT2D eigenvalue weighted by Crippen LogP contribution is 2.20. The van der Waals surface area contributed by atoms with Crippen molar-refractivity contribution in [2.24, 2.45) is 5.92 Å². The van der Waals surface area contributed by atoms with E-state index in [-0.39, 0.29) is 19.1 Å². The molecule has 1 unspecified atom stereocenters. The van der Waals surface area contributed by atoms with Crippen molar-refractivity contribution >= 4 is 12.2 Å². The van der Waals surface area contributed by atoms with Crippen LogP contribution in [0.25, 0.3) is 0 Å². The smallest absolute Gasteiger partial charge is 0.442 e. The Morgan fingerprint density at radius 1 is 1.12 bits per heavy atom. The van der Waals surface area contributed by atoms with Gasteiger partial charge in [0, 0.05) is 12.5 Å². The number of carbonyl (C=O) groups excluding carboxylic acids is 2. The molecule has 0 saturated heterocycles. The number of aliphatic hydroxyl groups excluding tert-OH is 1. The van der Waals surface area contributed by atoms with Gasteiger partial charge >= 0.3 is 12.2 Å². The Morgan fingerprint density at radius 3 is 2.04 bits per heavy atom. The summed E-state index contributed by atoms with van der Waals surface area (Å²) in [6.45, 7) is 15.7. The molecular weight excluding hydrogens is 338 g/mol. The van der Waals surface area contributed by atoms with Crippen LogP contribution in [0.5, 0.6) is 0 Å². The van der Waals surface area contributed by atoms with Gasteiger partial charge in [0.05, 0.1) is 6.54 Å². The number of nitrogens with zero attached hydrogens (tertiary/aromatic N) is 1. The van der Waals surface area contributed by atoms with E-state index in [1.165, 1.54) is 0 Å². The number of hydrogen-bond acceptors (Lipinski definition) is 6. The van der Waals surface area contributed by atoms with Crippen molar-refractivity contribution < 1.29 is 29.0 Å². The fraction of sp³-hybridized carbons (Fsp3) is 0.684. The van der Waals surface area contributed by atoms with Crippen LogP contribution < -0.4 is 0 Å². The molecule has 0 aromatic carbocycles. The van der Waals surface area contributed by atoms with Crippen molar-refractivity contribution in [3.63, 3.8) is 0 Å². The molecular formula is C19H33NO6. The summed E-state index contributed by atoms with van der Waals surface area (Å²) in [6, 6.07) is 0. The van der Waals surface area contributed by atoms with Crippen molar-refractivity contribution in [3.05, 3.63) is 24.3 Å². The topological polar surface area (TPSA) is 85.3 Å². The van der Waals surface area contributed by atoms with Crippen LogP contribution in [0.2, 0.25) is 0 Å². The molecule has 1 N–H and O–H groups in total. The Hall–Kier alpha value is -2.02. The van der Waals surface area contributed by atoms with Crippen LogP contribution in [-0.2, 0) is 14.3 Å². The van der Waals surface area contributed by atoms with Crippen molar-refractivity contribution in [2.75, 3.05) is 13.2 Å². The number of hydroxylamine groups is 2. The van der Waals surface area contributed by atoms with Gasteiger partial charge in [0.2, 0.25) is 0 Å². The predicted molar refractivity (Wildman–Crippen MR) is 99.4 cm³/mol. The largest absolute Gasteiger partial charge is 0.534 e. The van der Waals surface area contributed by atoms with Gasteiger partial charge in [-0.1, -0.05) is 12.2 Å². The number of ether oxygens (including phenoxy) is 2.